The monoisotopic (exact) mass is 415 g/mol. The minimum atomic E-state index is -0.359. The Morgan fingerprint density at radius 3 is 2.24 bits per heavy atom. The van der Waals surface area contributed by atoms with Crippen molar-refractivity contribution >= 4 is 33.8 Å². The molecule has 29 heavy (non-hydrogen) atoms. The molecule has 0 spiro atoms. The second-order valence-electron chi connectivity index (χ2n) is 5.75. The molecule has 2 aromatic carbocycles. The van der Waals surface area contributed by atoms with Crippen molar-refractivity contribution in [1.82, 2.24) is 4.98 Å². The number of methoxy groups -OCH3 is 4. The number of carbonyl (C=O) groups is 1. The maximum atomic E-state index is 12.6. The van der Waals surface area contributed by atoms with E-state index in [4.69, 9.17) is 18.9 Å². The third kappa shape index (κ3) is 4.69. The molecule has 8 nitrogen and oxygen atoms in total. The molecule has 2 N–H and O–H groups in total. The topological polar surface area (TPSA) is 90.9 Å². The van der Waals surface area contributed by atoms with E-state index in [0.29, 0.717) is 39.5 Å². The molecule has 9 heteroatoms. The first-order chi connectivity index (χ1) is 14.1. The highest BCUT2D eigenvalue weighted by Crippen LogP contribution is 2.33. The maximum Gasteiger partial charge on any atom is 0.275 e. The maximum absolute atomic E-state index is 12.6. The van der Waals surface area contributed by atoms with E-state index in [9.17, 15) is 4.79 Å². The van der Waals surface area contributed by atoms with Gasteiger partial charge < -0.3 is 29.6 Å². The number of hydrogen-bond donors (Lipinski definition) is 2. The van der Waals surface area contributed by atoms with Gasteiger partial charge in [-0.05, 0) is 24.3 Å². The highest BCUT2D eigenvalue weighted by Gasteiger charge is 2.15. The van der Waals surface area contributed by atoms with Crippen LogP contribution in [0.4, 0.5) is 16.5 Å². The van der Waals surface area contributed by atoms with Crippen LogP contribution in [-0.4, -0.2) is 39.3 Å². The first-order valence-electron chi connectivity index (χ1n) is 8.56. The lowest BCUT2D eigenvalue weighted by molar-refractivity contribution is 0.102. The van der Waals surface area contributed by atoms with E-state index < -0.39 is 0 Å². The molecule has 1 amide bonds. The summed E-state index contributed by atoms with van der Waals surface area (Å²) in [5.41, 5.74) is 1.48. The van der Waals surface area contributed by atoms with Crippen LogP contribution < -0.4 is 29.6 Å². The van der Waals surface area contributed by atoms with Gasteiger partial charge in [0.05, 0.1) is 39.8 Å². The van der Waals surface area contributed by atoms with E-state index in [0.717, 1.165) is 0 Å². The Kier molecular flexibility index (Phi) is 6.40. The van der Waals surface area contributed by atoms with Crippen molar-refractivity contribution < 1.29 is 23.7 Å². The third-order valence-corrected chi connectivity index (χ3v) is 4.80. The average Bonchev–Trinajstić information content (AvgIpc) is 3.22. The van der Waals surface area contributed by atoms with Crippen molar-refractivity contribution in [2.45, 2.75) is 0 Å². The minimum Gasteiger partial charge on any atom is -0.497 e. The molecule has 3 rings (SSSR count). The molecular weight excluding hydrogens is 394 g/mol. The van der Waals surface area contributed by atoms with E-state index in [2.05, 4.69) is 15.6 Å². The normalized spacial score (nSPS) is 10.2. The SMILES string of the molecule is COc1ccc(OC)c(NC(=O)c2csc(Nc3ccc(OC)cc3OC)n2)c1. The number of ether oxygens (including phenoxy) is 4. The molecule has 0 saturated heterocycles. The van der Waals surface area contributed by atoms with Crippen molar-refractivity contribution in [3.05, 3.63) is 47.5 Å². The molecule has 0 bridgehead atoms. The zero-order valence-corrected chi connectivity index (χ0v) is 17.3. The van der Waals surface area contributed by atoms with Gasteiger partial charge in [0, 0.05) is 17.5 Å². The fraction of sp³-hybridized carbons (Fsp3) is 0.200. The first kappa shape index (κ1) is 20.3. The van der Waals surface area contributed by atoms with E-state index in [1.54, 1.807) is 57.0 Å². The van der Waals surface area contributed by atoms with Gasteiger partial charge >= 0.3 is 0 Å². The Bertz CT molecular complexity index is 1010. The molecule has 152 valence electrons. The molecule has 0 unspecified atom stereocenters. The zero-order valence-electron chi connectivity index (χ0n) is 16.4. The Morgan fingerprint density at radius 2 is 1.55 bits per heavy atom. The highest BCUT2D eigenvalue weighted by molar-refractivity contribution is 7.14. The van der Waals surface area contributed by atoms with Gasteiger partial charge in [0.2, 0.25) is 0 Å². The molecule has 0 aliphatic carbocycles. The number of nitrogens with one attached hydrogen (secondary N) is 2. The lowest BCUT2D eigenvalue weighted by Gasteiger charge is -2.11. The van der Waals surface area contributed by atoms with Crippen LogP contribution >= 0.6 is 11.3 Å². The van der Waals surface area contributed by atoms with E-state index >= 15 is 0 Å². The number of anilines is 3. The number of amides is 1. The summed E-state index contributed by atoms with van der Waals surface area (Å²) in [5, 5.41) is 8.17. The van der Waals surface area contributed by atoms with Crippen LogP contribution in [0.2, 0.25) is 0 Å². The first-order valence-corrected chi connectivity index (χ1v) is 9.44. The zero-order chi connectivity index (χ0) is 20.8. The van der Waals surface area contributed by atoms with Gasteiger partial charge in [0.1, 0.15) is 28.7 Å². The number of thiazole rings is 1. The Balaban J connectivity index is 1.76. The fourth-order valence-corrected chi connectivity index (χ4v) is 3.25. The smallest absolute Gasteiger partial charge is 0.275 e. The van der Waals surface area contributed by atoms with Gasteiger partial charge in [-0.2, -0.15) is 0 Å². The van der Waals surface area contributed by atoms with Crippen LogP contribution in [0.5, 0.6) is 23.0 Å². The summed E-state index contributed by atoms with van der Waals surface area (Å²) < 4.78 is 21.1. The molecule has 0 aliphatic heterocycles. The Morgan fingerprint density at radius 1 is 0.862 bits per heavy atom. The van der Waals surface area contributed by atoms with Crippen molar-refractivity contribution in [2.24, 2.45) is 0 Å². The quantitative estimate of drug-likeness (QED) is 0.570. The van der Waals surface area contributed by atoms with Crippen LogP contribution in [0.1, 0.15) is 10.5 Å². The van der Waals surface area contributed by atoms with Crippen molar-refractivity contribution in [3.63, 3.8) is 0 Å². The third-order valence-electron chi connectivity index (χ3n) is 4.04. The van der Waals surface area contributed by atoms with Crippen LogP contribution in [0, 0.1) is 0 Å². The summed E-state index contributed by atoms with van der Waals surface area (Å²) in [6.07, 6.45) is 0. The number of aromatic nitrogens is 1. The number of hydrogen-bond acceptors (Lipinski definition) is 8. The largest absolute Gasteiger partial charge is 0.497 e. The van der Waals surface area contributed by atoms with Crippen LogP contribution in [0.15, 0.2) is 41.8 Å². The van der Waals surface area contributed by atoms with E-state index in [1.165, 1.54) is 18.4 Å². The van der Waals surface area contributed by atoms with Crippen LogP contribution in [-0.2, 0) is 0 Å². The predicted octanol–water partition coefficient (Wildman–Crippen LogP) is 4.17. The van der Waals surface area contributed by atoms with Crippen LogP contribution in [0.25, 0.3) is 0 Å². The van der Waals surface area contributed by atoms with Crippen molar-refractivity contribution in [2.75, 3.05) is 39.1 Å². The van der Waals surface area contributed by atoms with E-state index in [1.807, 2.05) is 6.07 Å². The number of benzene rings is 2. The fourth-order valence-electron chi connectivity index (χ4n) is 2.55. The van der Waals surface area contributed by atoms with Crippen molar-refractivity contribution in [1.29, 1.82) is 0 Å². The van der Waals surface area contributed by atoms with Gasteiger partial charge in [0.15, 0.2) is 5.13 Å². The van der Waals surface area contributed by atoms with E-state index in [-0.39, 0.29) is 11.6 Å². The predicted molar refractivity (Wildman–Crippen MR) is 112 cm³/mol. The van der Waals surface area contributed by atoms with Gasteiger partial charge in [0.25, 0.3) is 5.91 Å². The van der Waals surface area contributed by atoms with Gasteiger partial charge in [-0.25, -0.2) is 4.98 Å². The second-order valence-corrected chi connectivity index (χ2v) is 6.61. The second kappa shape index (κ2) is 9.16. The molecule has 0 fully saturated rings. The molecule has 0 saturated carbocycles. The average molecular weight is 415 g/mol. The van der Waals surface area contributed by atoms with Gasteiger partial charge in [-0.15, -0.1) is 11.3 Å². The molecule has 1 aromatic heterocycles. The molecule has 0 radical (unpaired) electrons. The summed E-state index contributed by atoms with van der Waals surface area (Å²) in [6.45, 7) is 0. The Hall–Kier alpha value is -3.46. The van der Waals surface area contributed by atoms with Crippen molar-refractivity contribution in [3.8, 4) is 23.0 Å². The summed E-state index contributed by atoms with van der Waals surface area (Å²) in [6, 6.07) is 10.5. The molecule has 0 aliphatic rings. The van der Waals surface area contributed by atoms with Gasteiger partial charge in [-0.1, -0.05) is 0 Å². The Labute approximate surface area is 172 Å². The number of carbonyl (C=O) groups excluding carboxylic acids is 1. The van der Waals surface area contributed by atoms with Gasteiger partial charge in [-0.3, -0.25) is 4.79 Å². The number of nitrogens with zero attached hydrogens (tertiary/aromatic N) is 1. The highest BCUT2D eigenvalue weighted by atomic mass is 32.1. The van der Waals surface area contributed by atoms with Crippen LogP contribution in [0.3, 0.4) is 0 Å². The summed E-state index contributed by atoms with van der Waals surface area (Å²) in [7, 11) is 6.25. The molecule has 3 aromatic rings. The minimum absolute atomic E-state index is 0.273. The summed E-state index contributed by atoms with van der Waals surface area (Å²) in [4.78, 5) is 17.0. The number of rotatable bonds is 8. The molecular formula is C20H21N3O5S. The molecule has 0 atom stereocenters. The lowest BCUT2D eigenvalue weighted by Crippen LogP contribution is -2.13. The summed E-state index contributed by atoms with van der Waals surface area (Å²) in [5.74, 6) is 2.05. The standard InChI is InChI=1S/C20H21N3O5S/c1-25-12-6-8-17(27-3)15(9-12)21-19(24)16-11-29-20(23-16)22-14-7-5-13(26-2)10-18(14)28-4/h5-11H,1-4H3,(H,21,24)(H,22,23). The lowest BCUT2D eigenvalue weighted by atomic mass is 10.2. The molecule has 1 heterocycles. The summed E-state index contributed by atoms with van der Waals surface area (Å²) >= 11 is 1.30.